The third kappa shape index (κ3) is 61.3. The fourth-order valence-corrected chi connectivity index (χ4v) is 10.7. The van der Waals surface area contributed by atoms with Gasteiger partial charge in [0.25, 0.3) is 0 Å². The quantitative estimate of drug-likeness (QED) is 0.0320. The van der Waals surface area contributed by atoms with Gasteiger partial charge in [-0.1, -0.05) is 314 Å². The number of carbonyl (C=O) groups is 2. The van der Waals surface area contributed by atoms with Gasteiger partial charge in [-0.3, -0.25) is 9.59 Å². The van der Waals surface area contributed by atoms with E-state index >= 15 is 0 Å². The Bertz CT molecular complexity index is 1230. The molecule has 6 nitrogen and oxygen atoms in total. The van der Waals surface area contributed by atoms with Crippen molar-refractivity contribution in [1.82, 2.24) is 5.32 Å². The van der Waals surface area contributed by atoms with Crippen molar-refractivity contribution in [1.29, 1.82) is 0 Å². The number of aliphatic hydroxyl groups excluding tert-OH is 2. The van der Waals surface area contributed by atoms with Gasteiger partial charge in [-0.15, -0.1) is 0 Å². The highest BCUT2D eigenvalue weighted by atomic mass is 16.5. The van der Waals surface area contributed by atoms with Gasteiger partial charge in [0.2, 0.25) is 5.91 Å². The topological polar surface area (TPSA) is 95.9 Å². The van der Waals surface area contributed by atoms with Crippen LogP contribution in [0.25, 0.3) is 0 Å². The van der Waals surface area contributed by atoms with Gasteiger partial charge >= 0.3 is 5.97 Å². The van der Waals surface area contributed by atoms with E-state index < -0.39 is 12.1 Å². The summed E-state index contributed by atoms with van der Waals surface area (Å²) >= 11 is 0. The van der Waals surface area contributed by atoms with E-state index in [2.05, 4.69) is 55.6 Å². The normalized spacial score (nSPS) is 12.7. The summed E-state index contributed by atoms with van der Waals surface area (Å²) in [5.41, 5.74) is 0. The Morgan fingerprint density at radius 3 is 1.04 bits per heavy atom. The van der Waals surface area contributed by atoms with Crippen molar-refractivity contribution in [2.24, 2.45) is 0 Å². The van der Waals surface area contributed by atoms with Gasteiger partial charge in [0.15, 0.2) is 0 Å². The van der Waals surface area contributed by atoms with E-state index in [1.54, 1.807) is 0 Å². The molecule has 0 aliphatic rings. The molecule has 0 radical (unpaired) electrons. The molecule has 0 aromatic heterocycles. The molecule has 0 rings (SSSR count). The van der Waals surface area contributed by atoms with Crippen molar-refractivity contribution < 1.29 is 24.5 Å². The maximum atomic E-state index is 12.5. The Hall–Kier alpha value is -1.92. The number of nitrogens with one attached hydrogen (secondary N) is 1. The number of ether oxygens (including phenoxy) is 1. The molecule has 0 spiro atoms. The molecule has 0 saturated carbocycles. The lowest BCUT2D eigenvalue weighted by molar-refractivity contribution is -0.143. The van der Waals surface area contributed by atoms with Crippen molar-refractivity contribution in [3.8, 4) is 0 Å². The Morgan fingerprint density at radius 1 is 0.368 bits per heavy atom. The average molecular weight is 1070 g/mol. The minimum atomic E-state index is -0.672. The first-order chi connectivity index (χ1) is 37.5. The Labute approximate surface area is 474 Å². The molecule has 0 aliphatic heterocycles. The Kier molecular flexibility index (Phi) is 63.9. The van der Waals surface area contributed by atoms with Crippen molar-refractivity contribution in [3.05, 3.63) is 36.5 Å². The fourth-order valence-electron chi connectivity index (χ4n) is 10.7. The third-order valence-corrected chi connectivity index (χ3v) is 15.9. The van der Waals surface area contributed by atoms with Gasteiger partial charge in [-0.2, -0.15) is 0 Å². The van der Waals surface area contributed by atoms with Crippen LogP contribution in [-0.4, -0.2) is 47.4 Å². The van der Waals surface area contributed by atoms with E-state index in [0.717, 1.165) is 51.4 Å². The number of allylic oxidation sites excluding steroid dienone is 6. The molecule has 0 aliphatic carbocycles. The first kappa shape index (κ1) is 74.1. The molecule has 0 bridgehead atoms. The molecule has 0 aromatic rings. The lowest BCUT2D eigenvalue weighted by Gasteiger charge is -2.22. The summed E-state index contributed by atoms with van der Waals surface area (Å²) in [5.74, 6) is -0.0411. The number of unbranched alkanes of at least 4 members (excludes halogenated alkanes) is 47. The predicted octanol–water partition coefficient (Wildman–Crippen LogP) is 21.9. The molecular weight excluding hydrogens is 935 g/mol. The van der Waals surface area contributed by atoms with Crippen LogP contribution in [0, 0.1) is 0 Å². The van der Waals surface area contributed by atoms with Crippen LogP contribution in [0.4, 0.5) is 0 Å². The summed E-state index contributed by atoms with van der Waals surface area (Å²) in [6, 6.07) is -0.550. The van der Waals surface area contributed by atoms with E-state index in [-0.39, 0.29) is 18.5 Å². The number of hydrogen-bond acceptors (Lipinski definition) is 5. The van der Waals surface area contributed by atoms with Crippen molar-refractivity contribution in [3.63, 3.8) is 0 Å². The zero-order valence-corrected chi connectivity index (χ0v) is 51.3. The highest BCUT2D eigenvalue weighted by Gasteiger charge is 2.20. The molecule has 6 heteroatoms. The first-order valence-corrected chi connectivity index (χ1v) is 34.2. The van der Waals surface area contributed by atoms with Crippen LogP contribution in [0.2, 0.25) is 0 Å². The third-order valence-electron chi connectivity index (χ3n) is 15.9. The van der Waals surface area contributed by atoms with Crippen molar-refractivity contribution in [2.45, 2.75) is 386 Å². The predicted molar refractivity (Wildman–Crippen MR) is 333 cm³/mol. The van der Waals surface area contributed by atoms with Crippen LogP contribution in [0.1, 0.15) is 373 Å². The molecule has 2 unspecified atom stereocenters. The van der Waals surface area contributed by atoms with Gasteiger partial charge in [0.1, 0.15) is 0 Å². The zero-order valence-electron chi connectivity index (χ0n) is 51.3. The van der Waals surface area contributed by atoms with Gasteiger partial charge in [0, 0.05) is 12.8 Å². The molecule has 448 valence electrons. The number of esters is 1. The van der Waals surface area contributed by atoms with E-state index in [9.17, 15) is 19.8 Å². The smallest absolute Gasteiger partial charge is 0.305 e. The molecule has 0 fully saturated rings. The number of aliphatic hydroxyl groups is 2. The summed E-state index contributed by atoms with van der Waals surface area (Å²) in [6.45, 7) is 4.94. The molecular formula is C70H133NO5. The standard InChI is InChI=1S/C70H133NO5/c1-3-5-7-9-11-13-15-17-19-21-22-23-24-27-31-34-38-42-46-50-54-58-62-68(73)67(66-72)71-69(74)63-59-55-51-47-43-39-35-32-28-25-26-29-33-37-41-45-49-53-57-61-65-76-70(75)64-60-56-52-48-44-40-36-30-20-18-16-14-12-10-8-6-4-2/h12,14,18,20,25,28,67-68,72-73H,3-11,13,15-17,19,21-24,26-27,29-66H2,1-2H3,(H,71,74)/b14-12-,20-18-,28-25-. The maximum Gasteiger partial charge on any atom is 0.305 e. The molecule has 0 heterocycles. The molecule has 0 aromatic carbocycles. The summed E-state index contributed by atoms with van der Waals surface area (Å²) in [6.07, 6.45) is 83.1. The van der Waals surface area contributed by atoms with Crippen LogP contribution < -0.4 is 5.32 Å². The summed E-state index contributed by atoms with van der Waals surface area (Å²) in [4.78, 5) is 24.6. The van der Waals surface area contributed by atoms with Crippen LogP contribution in [0.15, 0.2) is 36.5 Å². The van der Waals surface area contributed by atoms with Crippen LogP contribution in [-0.2, 0) is 14.3 Å². The Morgan fingerprint density at radius 2 is 0.658 bits per heavy atom. The van der Waals surface area contributed by atoms with E-state index in [4.69, 9.17) is 4.74 Å². The van der Waals surface area contributed by atoms with E-state index in [0.29, 0.717) is 25.9 Å². The monoisotopic (exact) mass is 1070 g/mol. The molecule has 1 amide bonds. The lowest BCUT2D eigenvalue weighted by atomic mass is 10.0. The summed E-state index contributed by atoms with van der Waals surface area (Å²) in [7, 11) is 0. The molecule has 76 heavy (non-hydrogen) atoms. The Balaban J connectivity index is 3.43. The van der Waals surface area contributed by atoms with Crippen LogP contribution in [0.5, 0.6) is 0 Å². The van der Waals surface area contributed by atoms with Gasteiger partial charge in [-0.05, 0) is 83.5 Å². The summed E-state index contributed by atoms with van der Waals surface area (Å²) < 4.78 is 5.49. The van der Waals surface area contributed by atoms with Gasteiger partial charge in [0.05, 0.1) is 25.4 Å². The second-order valence-corrected chi connectivity index (χ2v) is 23.5. The SMILES string of the molecule is CCCCC/C=C\C/C=C\CCCCCCCCCC(=O)OCCCCCCCCCCC/C=C\CCCCCCCCCC(=O)NC(CO)C(O)CCCCCCCCCCCCCCCCCCCCCCCC. The van der Waals surface area contributed by atoms with Crippen LogP contribution in [0.3, 0.4) is 0 Å². The molecule has 2 atom stereocenters. The molecule has 3 N–H and O–H groups in total. The largest absolute Gasteiger partial charge is 0.466 e. The minimum Gasteiger partial charge on any atom is -0.466 e. The highest BCUT2D eigenvalue weighted by Crippen LogP contribution is 2.18. The second-order valence-electron chi connectivity index (χ2n) is 23.5. The number of carbonyl (C=O) groups excluding carboxylic acids is 2. The van der Waals surface area contributed by atoms with Crippen molar-refractivity contribution >= 4 is 11.9 Å². The van der Waals surface area contributed by atoms with Crippen molar-refractivity contribution in [2.75, 3.05) is 13.2 Å². The van der Waals surface area contributed by atoms with E-state index in [1.165, 1.54) is 289 Å². The number of rotatable bonds is 64. The van der Waals surface area contributed by atoms with E-state index in [1.807, 2.05) is 0 Å². The molecule has 0 saturated heterocycles. The second kappa shape index (κ2) is 65.6. The first-order valence-electron chi connectivity index (χ1n) is 34.2. The van der Waals surface area contributed by atoms with Gasteiger partial charge in [-0.25, -0.2) is 0 Å². The lowest BCUT2D eigenvalue weighted by Crippen LogP contribution is -2.45. The average Bonchev–Trinajstić information content (AvgIpc) is 3.42. The summed E-state index contributed by atoms with van der Waals surface area (Å²) in [5, 5.41) is 23.4. The zero-order chi connectivity index (χ0) is 55.0. The fraction of sp³-hybridized carbons (Fsp3) is 0.886. The van der Waals surface area contributed by atoms with Crippen LogP contribution >= 0.6 is 0 Å². The number of amides is 1. The minimum absolute atomic E-state index is 0.000864. The number of hydrogen-bond donors (Lipinski definition) is 3. The highest BCUT2D eigenvalue weighted by molar-refractivity contribution is 5.76. The van der Waals surface area contributed by atoms with Gasteiger partial charge < -0.3 is 20.3 Å². The maximum absolute atomic E-state index is 12.5.